The minimum absolute atomic E-state index is 0.263. The van der Waals surface area contributed by atoms with Gasteiger partial charge in [-0.2, -0.15) is 0 Å². The normalized spacial score (nSPS) is 19.1. The lowest BCUT2D eigenvalue weighted by molar-refractivity contribution is -0.125. The molecule has 0 spiro atoms. The van der Waals surface area contributed by atoms with Crippen molar-refractivity contribution in [2.24, 2.45) is 0 Å². The van der Waals surface area contributed by atoms with Gasteiger partial charge in [0.15, 0.2) is 14.6 Å². The minimum atomic E-state index is -3.54. The van der Waals surface area contributed by atoms with E-state index < -0.39 is 26.5 Å². The zero-order chi connectivity index (χ0) is 17.3. The van der Waals surface area contributed by atoms with Gasteiger partial charge in [-0.15, -0.1) is 0 Å². The van der Waals surface area contributed by atoms with Crippen molar-refractivity contribution in [3.05, 3.63) is 33.8 Å². The van der Waals surface area contributed by atoms with Crippen LogP contribution in [-0.4, -0.2) is 38.4 Å². The largest absolute Gasteiger partial charge is 0.348 e. The second kappa shape index (κ2) is 6.97. The van der Waals surface area contributed by atoms with E-state index in [0.717, 1.165) is 6.26 Å². The van der Waals surface area contributed by atoms with Crippen LogP contribution >= 0.6 is 23.2 Å². The molecule has 1 heterocycles. The van der Waals surface area contributed by atoms with E-state index in [-0.39, 0.29) is 12.8 Å². The van der Waals surface area contributed by atoms with Gasteiger partial charge in [-0.25, -0.2) is 8.42 Å². The number of carbonyl (C=O) groups is 1. The Balaban J connectivity index is 2.25. The third kappa shape index (κ3) is 3.82. The molecule has 1 fully saturated rings. The van der Waals surface area contributed by atoms with Crippen LogP contribution in [0.15, 0.2) is 18.2 Å². The molecule has 5 nitrogen and oxygen atoms in total. The van der Waals surface area contributed by atoms with E-state index in [1.165, 1.54) is 0 Å². The van der Waals surface area contributed by atoms with Crippen molar-refractivity contribution >= 4 is 38.9 Å². The Morgan fingerprint density at radius 3 is 2.43 bits per heavy atom. The number of benzene rings is 1. The quantitative estimate of drug-likeness (QED) is 0.842. The number of sulfone groups is 1. The van der Waals surface area contributed by atoms with Crippen LogP contribution in [0.4, 0.5) is 0 Å². The van der Waals surface area contributed by atoms with Gasteiger partial charge in [-0.1, -0.05) is 29.3 Å². The molecule has 0 aromatic heterocycles. The van der Waals surface area contributed by atoms with Crippen LogP contribution in [0.25, 0.3) is 0 Å². The molecule has 1 amide bonds. The third-order valence-corrected chi connectivity index (χ3v) is 6.89. The number of piperidine rings is 1. The summed E-state index contributed by atoms with van der Waals surface area (Å²) in [6.07, 6.45) is 1.65. The molecule has 128 valence electrons. The van der Waals surface area contributed by atoms with E-state index in [9.17, 15) is 13.2 Å². The van der Waals surface area contributed by atoms with Gasteiger partial charge < -0.3 is 10.6 Å². The van der Waals surface area contributed by atoms with Gasteiger partial charge in [0.1, 0.15) is 0 Å². The Morgan fingerprint density at radius 2 is 1.91 bits per heavy atom. The lowest BCUT2D eigenvalue weighted by Gasteiger charge is -2.35. The number of amides is 1. The molecule has 1 atom stereocenters. The highest BCUT2D eigenvalue weighted by Crippen LogP contribution is 2.31. The molecule has 0 radical (unpaired) electrons. The summed E-state index contributed by atoms with van der Waals surface area (Å²) in [5.41, 5.74) is 0.696. The summed E-state index contributed by atoms with van der Waals surface area (Å²) in [5.74, 6) is -0.472. The Morgan fingerprint density at radius 1 is 1.30 bits per heavy atom. The number of nitrogens with one attached hydrogen (secondary N) is 2. The predicted octanol–water partition coefficient (Wildman–Crippen LogP) is 2.34. The maximum atomic E-state index is 12.7. The molecule has 1 aromatic carbocycles. The molecular weight excluding hydrogens is 359 g/mol. The average molecular weight is 379 g/mol. The second-order valence-electron chi connectivity index (χ2n) is 5.88. The van der Waals surface area contributed by atoms with E-state index in [1.807, 2.05) is 0 Å². The van der Waals surface area contributed by atoms with Crippen molar-refractivity contribution in [3.63, 3.8) is 0 Å². The molecule has 1 aliphatic rings. The first kappa shape index (κ1) is 18.5. The van der Waals surface area contributed by atoms with Crippen LogP contribution in [0, 0.1) is 0 Å². The van der Waals surface area contributed by atoms with E-state index >= 15 is 0 Å². The molecule has 2 N–H and O–H groups in total. The lowest BCUT2D eigenvalue weighted by Crippen LogP contribution is -2.57. The number of rotatable bonds is 4. The molecule has 0 saturated carbocycles. The smallest absolute Gasteiger partial charge is 0.242 e. The van der Waals surface area contributed by atoms with Gasteiger partial charge in [-0.05, 0) is 50.6 Å². The summed E-state index contributed by atoms with van der Waals surface area (Å²) < 4.78 is 23.1. The molecule has 1 unspecified atom stereocenters. The maximum Gasteiger partial charge on any atom is 0.242 e. The van der Waals surface area contributed by atoms with Gasteiger partial charge in [0.2, 0.25) is 5.91 Å². The molecular formula is C15H20Cl2N2O3S. The van der Waals surface area contributed by atoms with Crippen molar-refractivity contribution < 1.29 is 13.2 Å². The fraction of sp³-hybridized carbons (Fsp3) is 0.533. The van der Waals surface area contributed by atoms with Crippen molar-refractivity contribution in [1.29, 1.82) is 0 Å². The number of halogens is 2. The highest BCUT2D eigenvalue weighted by molar-refractivity contribution is 7.92. The number of carbonyl (C=O) groups excluding carboxylic acids is 1. The SMILES string of the molecule is CC(NC(=O)C1(S(C)(=O)=O)CCNCC1)c1ccc(Cl)cc1Cl. The van der Waals surface area contributed by atoms with Crippen molar-refractivity contribution in [1.82, 2.24) is 10.6 Å². The van der Waals surface area contributed by atoms with E-state index in [0.29, 0.717) is 28.7 Å². The standard InChI is InChI=1S/C15H20Cl2N2O3S/c1-10(12-4-3-11(16)9-13(12)17)19-14(20)15(23(2,21)22)5-7-18-8-6-15/h3-4,9-10,18H,5-8H2,1-2H3,(H,19,20). The minimum Gasteiger partial charge on any atom is -0.348 e. The lowest BCUT2D eigenvalue weighted by atomic mass is 9.95. The Kier molecular flexibility index (Phi) is 5.61. The average Bonchev–Trinajstić information content (AvgIpc) is 2.46. The molecule has 0 bridgehead atoms. The summed E-state index contributed by atoms with van der Waals surface area (Å²) in [5, 5.41) is 6.82. The first-order chi connectivity index (χ1) is 10.7. The first-order valence-corrected chi connectivity index (χ1v) is 9.98. The van der Waals surface area contributed by atoms with Gasteiger partial charge in [0.25, 0.3) is 0 Å². The third-order valence-electron chi connectivity index (χ3n) is 4.31. The summed E-state index contributed by atoms with van der Waals surface area (Å²) in [6, 6.07) is 4.59. The second-order valence-corrected chi connectivity index (χ2v) is 9.05. The van der Waals surface area contributed by atoms with Crippen LogP contribution in [0.1, 0.15) is 31.4 Å². The fourth-order valence-electron chi connectivity index (χ4n) is 2.86. The number of hydrogen-bond donors (Lipinski definition) is 2. The van der Waals surface area contributed by atoms with Gasteiger partial charge in [0, 0.05) is 16.3 Å². The van der Waals surface area contributed by atoms with Crippen molar-refractivity contribution in [2.75, 3.05) is 19.3 Å². The summed E-state index contributed by atoms with van der Waals surface area (Å²) >= 11 is 12.0. The fourth-order valence-corrected chi connectivity index (χ4v) is 4.77. The predicted molar refractivity (Wildman–Crippen MR) is 92.7 cm³/mol. The molecule has 1 aliphatic heterocycles. The van der Waals surface area contributed by atoms with Crippen LogP contribution in [0.5, 0.6) is 0 Å². The summed E-state index contributed by atoms with van der Waals surface area (Å²) in [7, 11) is -3.54. The van der Waals surface area contributed by atoms with Crippen molar-refractivity contribution in [3.8, 4) is 0 Å². The molecule has 1 saturated heterocycles. The van der Waals surface area contributed by atoms with Crippen LogP contribution in [0.3, 0.4) is 0 Å². The highest BCUT2D eigenvalue weighted by Gasteiger charge is 2.48. The molecule has 0 aliphatic carbocycles. The Labute approximate surface area is 146 Å². The van der Waals surface area contributed by atoms with Crippen LogP contribution in [0.2, 0.25) is 10.0 Å². The monoisotopic (exact) mass is 378 g/mol. The van der Waals surface area contributed by atoms with Crippen LogP contribution in [-0.2, 0) is 14.6 Å². The van der Waals surface area contributed by atoms with E-state index in [2.05, 4.69) is 10.6 Å². The van der Waals surface area contributed by atoms with Gasteiger partial charge in [-0.3, -0.25) is 4.79 Å². The topological polar surface area (TPSA) is 75.3 Å². The molecule has 23 heavy (non-hydrogen) atoms. The molecule has 8 heteroatoms. The molecule has 2 rings (SSSR count). The summed E-state index contributed by atoms with van der Waals surface area (Å²) in [6.45, 7) is 2.76. The van der Waals surface area contributed by atoms with Gasteiger partial charge in [0.05, 0.1) is 6.04 Å². The first-order valence-electron chi connectivity index (χ1n) is 7.33. The Bertz CT molecular complexity index is 701. The number of hydrogen-bond acceptors (Lipinski definition) is 4. The summed E-state index contributed by atoms with van der Waals surface area (Å²) in [4.78, 5) is 12.7. The highest BCUT2D eigenvalue weighted by atomic mass is 35.5. The maximum absolute atomic E-state index is 12.7. The molecule has 1 aromatic rings. The van der Waals surface area contributed by atoms with E-state index in [1.54, 1.807) is 25.1 Å². The Hall–Kier alpha value is -0.820. The van der Waals surface area contributed by atoms with E-state index in [4.69, 9.17) is 23.2 Å². The zero-order valence-electron chi connectivity index (χ0n) is 13.0. The van der Waals surface area contributed by atoms with Gasteiger partial charge >= 0.3 is 0 Å². The zero-order valence-corrected chi connectivity index (χ0v) is 15.4. The van der Waals surface area contributed by atoms with Crippen LogP contribution < -0.4 is 10.6 Å². The van der Waals surface area contributed by atoms with Crippen molar-refractivity contribution in [2.45, 2.75) is 30.6 Å².